The number of nitrogens with zero attached hydrogens (tertiary/aromatic N) is 2. The molecule has 1 aliphatic carbocycles. The molecule has 2 fully saturated rings. The highest BCUT2D eigenvalue weighted by Gasteiger charge is 2.34. The molecule has 110 valence electrons. The second-order valence-corrected chi connectivity index (χ2v) is 5.90. The zero-order chi connectivity index (χ0) is 13.9. The molecule has 2 N–H and O–H groups in total. The smallest absolute Gasteiger partial charge is 0.237 e. The third-order valence-corrected chi connectivity index (χ3v) is 4.46. The predicted molar refractivity (Wildman–Crippen MR) is 72.8 cm³/mol. The van der Waals surface area contributed by atoms with Crippen LogP contribution >= 0.6 is 0 Å². The van der Waals surface area contributed by atoms with E-state index in [0.29, 0.717) is 24.3 Å². The zero-order valence-corrected chi connectivity index (χ0v) is 11.9. The topological polar surface area (TPSA) is 80.0 Å². The van der Waals surface area contributed by atoms with Gasteiger partial charge in [0.15, 0.2) is 5.82 Å². The Labute approximate surface area is 118 Å². The number of nitrogens with one attached hydrogen (secondary N) is 2. The van der Waals surface area contributed by atoms with Crippen LogP contribution in [0.25, 0.3) is 0 Å². The molecule has 1 aromatic rings. The van der Waals surface area contributed by atoms with Crippen LogP contribution in [-0.4, -0.2) is 28.1 Å². The summed E-state index contributed by atoms with van der Waals surface area (Å²) in [7, 11) is 0. The maximum Gasteiger partial charge on any atom is 0.237 e. The Morgan fingerprint density at radius 3 is 3.00 bits per heavy atom. The zero-order valence-electron chi connectivity index (χ0n) is 11.9. The lowest BCUT2D eigenvalue weighted by Crippen LogP contribution is -2.54. The van der Waals surface area contributed by atoms with Crippen molar-refractivity contribution in [3.63, 3.8) is 0 Å². The van der Waals surface area contributed by atoms with Crippen molar-refractivity contribution in [2.45, 2.75) is 64.1 Å². The monoisotopic (exact) mass is 278 g/mol. The van der Waals surface area contributed by atoms with Crippen LogP contribution in [0.15, 0.2) is 4.52 Å². The summed E-state index contributed by atoms with van der Waals surface area (Å²) in [6.07, 6.45) is 7.24. The minimum atomic E-state index is -0.0673. The molecular formula is C14H22N4O2. The van der Waals surface area contributed by atoms with E-state index in [0.717, 1.165) is 18.8 Å². The van der Waals surface area contributed by atoms with E-state index in [1.54, 1.807) is 6.92 Å². The second kappa shape index (κ2) is 5.91. The number of piperidine rings is 1. The molecule has 1 saturated heterocycles. The minimum absolute atomic E-state index is 0.0523. The lowest BCUT2D eigenvalue weighted by atomic mass is 9.77. The summed E-state index contributed by atoms with van der Waals surface area (Å²) in [5.74, 6) is 1.88. The summed E-state index contributed by atoms with van der Waals surface area (Å²) >= 11 is 0. The van der Waals surface area contributed by atoms with Gasteiger partial charge in [-0.3, -0.25) is 4.79 Å². The summed E-state index contributed by atoms with van der Waals surface area (Å²) in [5.41, 5.74) is 0. The number of aromatic nitrogens is 2. The largest absolute Gasteiger partial charge is 0.347 e. The van der Waals surface area contributed by atoms with E-state index < -0.39 is 0 Å². The van der Waals surface area contributed by atoms with Gasteiger partial charge in [-0.1, -0.05) is 18.0 Å². The van der Waals surface area contributed by atoms with Gasteiger partial charge in [-0.05, 0) is 31.6 Å². The van der Waals surface area contributed by atoms with Crippen molar-refractivity contribution in [2.24, 2.45) is 5.92 Å². The van der Waals surface area contributed by atoms with Crippen LogP contribution in [0, 0.1) is 12.8 Å². The fourth-order valence-corrected chi connectivity index (χ4v) is 3.40. The Bertz CT molecular complexity index is 473. The van der Waals surface area contributed by atoms with Crippen LogP contribution in [0.1, 0.15) is 50.2 Å². The summed E-state index contributed by atoms with van der Waals surface area (Å²) in [6.45, 7) is 2.08. The van der Waals surface area contributed by atoms with Crippen molar-refractivity contribution in [2.75, 3.05) is 0 Å². The SMILES string of the molecule is Cc1nc(CNC(=O)C2CCC3CCCCC3N2)no1. The first-order valence-corrected chi connectivity index (χ1v) is 7.55. The Morgan fingerprint density at radius 2 is 2.20 bits per heavy atom. The fraction of sp³-hybridized carbons (Fsp3) is 0.786. The van der Waals surface area contributed by atoms with Gasteiger partial charge in [0.05, 0.1) is 12.6 Å². The maximum absolute atomic E-state index is 12.2. The molecule has 0 bridgehead atoms. The Hall–Kier alpha value is -1.43. The number of aryl methyl sites for hydroxylation is 1. The standard InChI is InChI=1S/C14H22N4O2/c1-9-16-13(18-20-9)8-15-14(19)12-7-6-10-4-2-3-5-11(10)17-12/h10-12,17H,2-8H2,1H3,(H,15,19). The van der Waals surface area contributed by atoms with E-state index >= 15 is 0 Å². The number of carbonyl (C=O) groups is 1. The van der Waals surface area contributed by atoms with Crippen molar-refractivity contribution in [3.05, 3.63) is 11.7 Å². The predicted octanol–water partition coefficient (Wildman–Crippen LogP) is 1.31. The molecule has 3 rings (SSSR count). The molecule has 6 heteroatoms. The minimum Gasteiger partial charge on any atom is -0.347 e. The highest BCUT2D eigenvalue weighted by atomic mass is 16.5. The first kappa shape index (κ1) is 13.5. The normalized spacial score (nSPS) is 29.8. The quantitative estimate of drug-likeness (QED) is 0.871. The summed E-state index contributed by atoms with van der Waals surface area (Å²) in [5, 5.41) is 10.2. The fourth-order valence-electron chi connectivity index (χ4n) is 3.40. The number of rotatable bonds is 3. The summed E-state index contributed by atoms with van der Waals surface area (Å²) < 4.78 is 4.88. The van der Waals surface area contributed by atoms with E-state index in [9.17, 15) is 4.79 Å². The molecule has 0 radical (unpaired) electrons. The number of carbonyl (C=O) groups excluding carboxylic acids is 1. The van der Waals surface area contributed by atoms with E-state index in [-0.39, 0.29) is 11.9 Å². The van der Waals surface area contributed by atoms with Crippen molar-refractivity contribution in [1.82, 2.24) is 20.8 Å². The van der Waals surface area contributed by atoms with Gasteiger partial charge in [0, 0.05) is 13.0 Å². The van der Waals surface area contributed by atoms with Crippen molar-refractivity contribution in [3.8, 4) is 0 Å². The molecule has 1 aromatic heterocycles. The lowest BCUT2D eigenvalue weighted by molar-refractivity contribution is -0.124. The van der Waals surface area contributed by atoms with Gasteiger partial charge in [-0.15, -0.1) is 0 Å². The van der Waals surface area contributed by atoms with Gasteiger partial charge >= 0.3 is 0 Å². The Kier molecular flexibility index (Phi) is 4.00. The number of hydrogen-bond donors (Lipinski definition) is 2. The van der Waals surface area contributed by atoms with Gasteiger partial charge in [0.2, 0.25) is 11.8 Å². The molecule has 1 amide bonds. The molecule has 1 saturated carbocycles. The van der Waals surface area contributed by atoms with Crippen LogP contribution in [-0.2, 0) is 11.3 Å². The highest BCUT2D eigenvalue weighted by Crippen LogP contribution is 2.32. The Morgan fingerprint density at radius 1 is 1.35 bits per heavy atom. The summed E-state index contributed by atoms with van der Waals surface area (Å²) in [4.78, 5) is 16.3. The third kappa shape index (κ3) is 3.00. The van der Waals surface area contributed by atoms with Gasteiger partial charge in [0.25, 0.3) is 0 Å². The molecule has 1 aliphatic heterocycles. The van der Waals surface area contributed by atoms with Crippen LogP contribution in [0.3, 0.4) is 0 Å². The van der Waals surface area contributed by atoms with Gasteiger partial charge in [-0.2, -0.15) is 4.98 Å². The van der Waals surface area contributed by atoms with Crippen LogP contribution in [0.4, 0.5) is 0 Å². The first-order valence-electron chi connectivity index (χ1n) is 7.55. The summed E-state index contributed by atoms with van der Waals surface area (Å²) in [6, 6.07) is 0.461. The lowest BCUT2D eigenvalue weighted by Gasteiger charge is -2.39. The molecule has 3 unspecified atom stereocenters. The van der Waals surface area contributed by atoms with Crippen molar-refractivity contribution in [1.29, 1.82) is 0 Å². The van der Waals surface area contributed by atoms with Crippen molar-refractivity contribution < 1.29 is 9.32 Å². The average molecular weight is 278 g/mol. The van der Waals surface area contributed by atoms with Crippen LogP contribution < -0.4 is 10.6 Å². The number of hydrogen-bond acceptors (Lipinski definition) is 5. The molecule has 0 spiro atoms. The molecule has 6 nitrogen and oxygen atoms in total. The maximum atomic E-state index is 12.2. The second-order valence-electron chi connectivity index (χ2n) is 5.90. The van der Waals surface area contributed by atoms with E-state index in [1.165, 1.54) is 25.7 Å². The third-order valence-electron chi connectivity index (χ3n) is 4.46. The average Bonchev–Trinajstić information content (AvgIpc) is 2.90. The number of amides is 1. The highest BCUT2D eigenvalue weighted by molar-refractivity contribution is 5.81. The van der Waals surface area contributed by atoms with Gasteiger partial charge in [0.1, 0.15) is 0 Å². The molecule has 3 atom stereocenters. The molecular weight excluding hydrogens is 256 g/mol. The van der Waals surface area contributed by atoms with Gasteiger partial charge < -0.3 is 15.2 Å². The molecule has 0 aromatic carbocycles. The van der Waals surface area contributed by atoms with Crippen LogP contribution in [0.2, 0.25) is 0 Å². The van der Waals surface area contributed by atoms with E-state index in [1.807, 2.05) is 0 Å². The van der Waals surface area contributed by atoms with Crippen LogP contribution in [0.5, 0.6) is 0 Å². The van der Waals surface area contributed by atoms with E-state index in [2.05, 4.69) is 20.8 Å². The molecule has 20 heavy (non-hydrogen) atoms. The molecule has 2 aliphatic rings. The first-order chi connectivity index (χ1) is 9.72. The molecule has 2 heterocycles. The van der Waals surface area contributed by atoms with E-state index in [4.69, 9.17) is 4.52 Å². The number of fused-ring (bicyclic) bond motifs is 1. The van der Waals surface area contributed by atoms with Gasteiger partial charge in [-0.25, -0.2) is 0 Å². The Balaban J connectivity index is 1.50. The van der Waals surface area contributed by atoms with Crippen molar-refractivity contribution >= 4 is 5.91 Å².